The third-order valence-electron chi connectivity index (χ3n) is 6.21. The van der Waals surface area contributed by atoms with Crippen molar-refractivity contribution >= 4 is 52.1 Å². The van der Waals surface area contributed by atoms with E-state index < -0.39 is 17.4 Å². The van der Waals surface area contributed by atoms with Gasteiger partial charge < -0.3 is 24.6 Å². The molecule has 2 atom stereocenters. The number of nitrogens with zero attached hydrogens (tertiary/aromatic N) is 1. The lowest BCUT2D eigenvalue weighted by Crippen LogP contribution is -2.47. The number of nitrogens with two attached hydrogens (primary N) is 1. The van der Waals surface area contributed by atoms with Crippen molar-refractivity contribution in [2.75, 3.05) is 26.5 Å². The second-order valence-corrected chi connectivity index (χ2v) is 15.7. The van der Waals surface area contributed by atoms with Crippen LogP contribution in [0.1, 0.15) is 37.4 Å². The number of halogens is 1. The molecule has 2 aromatic rings. The molecule has 8 nitrogen and oxygen atoms in total. The van der Waals surface area contributed by atoms with Crippen LogP contribution in [0.15, 0.2) is 58.4 Å². The Morgan fingerprint density at radius 2 is 1.91 bits per heavy atom. The molecule has 0 saturated carbocycles. The Balaban J connectivity index is 1.25. The number of ether oxygens (including phenoxy) is 2. The highest BCUT2D eigenvalue weighted by Crippen LogP contribution is 2.70. The van der Waals surface area contributed by atoms with Gasteiger partial charge in [0.15, 0.2) is 12.5 Å². The molecule has 2 unspecified atom stereocenters. The molecule has 1 amide bonds. The third kappa shape index (κ3) is 6.40. The highest BCUT2D eigenvalue weighted by molar-refractivity contribution is 14.1. The molecule has 0 aromatic heterocycles. The van der Waals surface area contributed by atoms with E-state index >= 15 is 0 Å². The number of carbonyl (C=O) groups is 1. The summed E-state index contributed by atoms with van der Waals surface area (Å²) in [4.78, 5) is 23.2. The minimum atomic E-state index is -2.97. The Morgan fingerprint density at radius 1 is 1.23 bits per heavy atom. The van der Waals surface area contributed by atoms with Crippen LogP contribution in [-0.2, 0) is 18.9 Å². The molecule has 2 aliphatic heterocycles. The van der Waals surface area contributed by atoms with Crippen molar-refractivity contribution < 1.29 is 23.7 Å². The van der Waals surface area contributed by atoms with Crippen LogP contribution < -0.4 is 16.0 Å². The smallest absolute Gasteiger partial charge is 0.232 e. The summed E-state index contributed by atoms with van der Waals surface area (Å²) in [7, 11) is 0. The van der Waals surface area contributed by atoms with Gasteiger partial charge in [-0.3, -0.25) is 4.79 Å². The molecule has 4 rings (SSSR count). The lowest BCUT2D eigenvalue weighted by atomic mass is 9.98. The zero-order valence-corrected chi connectivity index (χ0v) is 23.3. The molecule has 1 fully saturated rings. The van der Waals surface area contributed by atoms with Gasteiger partial charge in [-0.25, -0.2) is 4.99 Å². The Bertz CT molecular complexity index is 1110. The fourth-order valence-corrected chi connectivity index (χ4v) is 9.59. The molecule has 0 aliphatic carbocycles. The molecule has 0 bridgehead atoms. The van der Waals surface area contributed by atoms with Crippen molar-refractivity contribution in [2.45, 2.75) is 41.9 Å². The number of benzene rings is 2. The van der Waals surface area contributed by atoms with Gasteiger partial charge in [0.05, 0.1) is 6.61 Å². The van der Waals surface area contributed by atoms with Crippen LogP contribution in [0.3, 0.4) is 0 Å². The third-order valence-corrected chi connectivity index (χ3v) is 12.7. The largest absolute Gasteiger partial charge is 0.494 e. The summed E-state index contributed by atoms with van der Waals surface area (Å²) in [5, 5.41) is -1.02. The topological polar surface area (TPSA) is 112 Å². The number of rotatable bonds is 10. The molecule has 0 spiro atoms. The normalized spacial score (nSPS) is 21.0. The van der Waals surface area contributed by atoms with E-state index in [0.717, 1.165) is 22.6 Å². The number of amides is 1. The number of nitrogens with one attached hydrogen (secondary N) is 1. The van der Waals surface area contributed by atoms with Crippen LogP contribution in [0.5, 0.6) is 5.75 Å². The van der Waals surface area contributed by atoms with E-state index in [-0.39, 0.29) is 6.17 Å². The second kappa shape index (κ2) is 11.6. The van der Waals surface area contributed by atoms with E-state index in [1.807, 2.05) is 48.5 Å². The van der Waals surface area contributed by atoms with E-state index in [1.165, 1.54) is 15.0 Å². The van der Waals surface area contributed by atoms with E-state index in [1.54, 1.807) is 6.66 Å². The van der Waals surface area contributed by atoms with Gasteiger partial charge in [-0.15, -0.1) is 5.48 Å². The van der Waals surface area contributed by atoms with Crippen molar-refractivity contribution in [3.8, 4) is 5.75 Å². The van der Waals surface area contributed by atoms with Gasteiger partial charge in [-0.1, -0.05) is 23.5 Å². The Kier molecular flexibility index (Phi) is 8.80. The summed E-state index contributed by atoms with van der Waals surface area (Å²) in [6.07, 6.45) is -0.957. The van der Waals surface area contributed by atoms with Crippen molar-refractivity contribution in [1.82, 2.24) is 5.48 Å². The molecule has 2 aromatic carbocycles. The van der Waals surface area contributed by atoms with E-state index in [0.29, 0.717) is 45.0 Å². The molecular formula is C24H29IN3O5PS. The Labute approximate surface area is 223 Å². The predicted molar refractivity (Wildman–Crippen MR) is 146 cm³/mol. The van der Waals surface area contributed by atoms with Crippen LogP contribution >= 0.6 is 40.3 Å². The highest BCUT2D eigenvalue weighted by Gasteiger charge is 2.51. The quantitative estimate of drug-likeness (QED) is 0.213. The average molecular weight is 629 g/mol. The van der Waals surface area contributed by atoms with Gasteiger partial charge in [0.25, 0.3) is 0 Å². The van der Waals surface area contributed by atoms with Crippen LogP contribution in [0.2, 0.25) is 0 Å². The van der Waals surface area contributed by atoms with Crippen molar-refractivity contribution in [2.24, 2.45) is 10.7 Å². The monoisotopic (exact) mass is 629 g/mol. The predicted octanol–water partition coefficient (Wildman–Crippen LogP) is 5.12. The van der Waals surface area contributed by atoms with Crippen LogP contribution in [-0.4, -0.2) is 43.4 Å². The summed E-state index contributed by atoms with van der Waals surface area (Å²) in [5.41, 5.74) is 9.71. The fourth-order valence-electron chi connectivity index (χ4n) is 4.08. The number of hydroxylamine groups is 1. The molecule has 35 heavy (non-hydrogen) atoms. The van der Waals surface area contributed by atoms with Crippen molar-refractivity contribution in [3.05, 3.63) is 57.7 Å². The maximum atomic E-state index is 13.6. The minimum Gasteiger partial charge on any atom is -0.494 e. The first-order valence-corrected chi connectivity index (χ1v) is 16.1. The van der Waals surface area contributed by atoms with Crippen molar-refractivity contribution in [3.63, 3.8) is 0 Å². The molecule has 2 heterocycles. The lowest BCUT2D eigenvalue weighted by molar-refractivity contribution is -0.122. The SMILES string of the molecule is CP(=O)(Sc1ccc(OCCCC2=NC(c3ccc(I)cc3)NO2)cc1)C1(C(N)=O)CCOCC1. The Hall–Kier alpha value is -1.59. The number of primary amides is 1. The summed E-state index contributed by atoms with van der Waals surface area (Å²) in [6.45, 7) is 2.96. The number of hydrogen-bond acceptors (Lipinski definition) is 8. The van der Waals surface area contributed by atoms with Crippen LogP contribution in [0.4, 0.5) is 0 Å². The maximum Gasteiger partial charge on any atom is 0.232 e. The zero-order chi connectivity index (χ0) is 24.9. The average Bonchev–Trinajstić information content (AvgIpc) is 3.32. The van der Waals surface area contributed by atoms with Crippen LogP contribution in [0.25, 0.3) is 0 Å². The second-order valence-electron chi connectivity index (χ2n) is 8.57. The summed E-state index contributed by atoms with van der Waals surface area (Å²) in [6, 6.07) is 15.6. The number of aliphatic imine (C=N–C) groups is 1. The minimum absolute atomic E-state index is 0.183. The van der Waals surface area contributed by atoms with Gasteiger partial charge in [0, 0.05) is 28.1 Å². The molecular weight excluding hydrogens is 600 g/mol. The van der Waals surface area contributed by atoms with Gasteiger partial charge in [-0.2, -0.15) is 0 Å². The van der Waals surface area contributed by atoms with E-state index in [9.17, 15) is 9.36 Å². The molecule has 1 saturated heterocycles. The van der Waals surface area contributed by atoms with Gasteiger partial charge >= 0.3 is 0 Å². The van der Waals surface area contributed by atoms with E-state index in [2.05, 4.69) is 33.1 Å². The summed E-state index contributed by atoms with van der Waals surface area (Å²) >= 11 is 3.51. The van der Waals surface area contributed by atoms with Gasteiger partial charge in [0.2, 0.25) is 11.8 Å². The lowest BCUT2D eigenvalue weighted by Gasteiger charge is -2.38. The molecule has 0 radical (unpaired) electrons. The Morgan fingerprint density at radius 3 is 2.57 bits per heavy atom. The van der Waals surface area contributed by atoms with E-state index in [4.69, 9.17) is 20.0 Å². The standard InChI is InChI=1S/C24H29IN3O5PS/c1-34(30,24(23(26)29)12-15-31-16-13-24)35-20-10-8-19(9-11-20)32-14-2-3-21-27-22(28-33-21)17-4-6-18(25)7-5-17/h4-11,22,28H,2-3,12-16H2,1H3,(H2,26,29). The molecule has 11 heteroatoms. The molecule has 2 aliphatic rings. The first kappa shape index (κ1) is 26.5. The summed E-state index contributed by atoms with van der Waals surface area (Å²) < 4.78 is 26.0. The first-order valence-electron chi connectivity index (χ1n) is 11.4. The van der Waals surface area contributed by atoms with Gasteiger partial charge in [-0.05, 0) is 90.5 Å². The summed E-state index contributed by atoms with van der Waals surface area (Å²) in [5.74, 6) is 0.884. The first-order chi connectivity index (χ1) is 16.8. The highest BCUT2D eigenvalue weighted by atomic mass is 127. The zero-order valence-electron chi connectivity index (χ0n) is 19.4. The maximum absolute atomic E-state index is 13.6. The number of hydrogen-bond donors (Lipinski definition) is 2. The number of carbonyl (C=O) groups excluding carboxylic acids is 1. The van der Waals surface area contributed by atoms with Crippen molar-refractivity contribution in [1.29, 1.82) is 0 Å². The molecule has 3 N–H and O–H groups in total. The molecule has 188 valence electrons. The van der Waals surface area contributed by atoms with Gasteiger partial charge in [0.1, 0.15) is 10.9 Å². The van der Waals surface area contributed by atoms with Crippen LogP contribution in [0, 0.1) is 3.57 Å². The fraction of sp³-hybridized carbons (Fsp3) is 0.417.